The highest BCUT2D eigenvalue weighted by Gasteiger charge is 2.34. The minimum absolute atomic E-state index is 0.0568. The third-order valence-corrected chi connectivity index (χ3v) is 4.75. The molecule has 0 saturated carbocycles. The fourth-order valence-corrected chi connectivity index (χ4v) is 3.34. The van der Waals surface area contributed by atoms with Crippen molar-refractivity contribution in [2.75, 3.05) is 10.6 Å². The number of hydrogen-bond donors (Lipinski definition) is 2. The van der Waals surface area contributed by atoms with Crippen molar-refractivity contribution in [3.05, 3.63) is 87.4 Å². The molecule has 4 rings (SSSR count). The van der Waals surface area contributed by atoms with Gasteiger partial charge in [0.1, 0.15) is 12.4 Å². The van der Waals surface area contributed by atoms with Gasteiger partial charge in [0.25, 0.3) is 11.6 Å². The van der Waals surface area contributed by atoms with E-state index in [2.05, 4.69) is 20.7 Å². The van der Waals surface area contributed by atoms with Crippen LogP contribution in [0.15, 0.2) is 66.1 Å². The smallest absolute Gasteiger partial charge is 0.269 e. The Bertz CT molecular complexity index is 1130. The number of nitrogens with zero attached hydrogens (tertiary/aromatic N) is 4. The maximum atomic E-state index is 13.2. The number of nitro groups is 1. The lowest BCUT2D eigenvalue weighted by atomic mass is 9.94. The predicted octanol–water partition coefficient (Wildman–Crippen LogP) is 3.42. The summed E-state index contributed by atoms with van der Waals surface area (Å²) >= 11 is 0. The van der Waals surface area contributed by atoms with Crippen LogP contribution in [0.1, 0.15) is 24.1 Å². The Morgan fingerprint density at radius 3 is 2.69 bits per heavy atom. The number of carbonyl (C=O) groups excluding carboxylic acids is 1. The SMILES string of the molecule is CC1=C(C(=O)Nc2ccc(C)cc2)[C@@H](c2cccc([N+](=O)[O-])c2)n2ncnc2N1. The van der Waals surface area contributed by atoms with Crippen LogP contribution in [0, 0.1) is 17.0 Å². The van der Waals surface area contributed by atoms with Crippen molar-refractivity contribution >= 4 is 23.2 Å². The minimum atomic E-state index is -0.654. The van der Waals surface area contributed by atoms with Crippen LogP contribution in [0.2, 0.25) is 0 Å². The number of carbonyl (C=O) groups is 1. The summed E-state index contributed by atoms with van der Waals surface area (Å²) in [5.41, 5.74) is 3.26. The topological polar surface area (TPSA) is 115 Å². The van der Waals surface area contributed by atoms with Gasteiger partial charge in [0.2, 0.25) is 5.95 Å². The summed E-state index contributed by atoms with van der Waals surface area (Å²) in [6.45, 7) is 3.74. The fraction of sp³-hybridized carbons (Fsp3) is 0.150. The van der Waals surface area contributed by atoms with Gasteiger partial charge in [-0.05, 0) is 31.5 Å². The van der Waals surface area contributed by atoms with Crippen LogP contribution in [-0.2, 0) is 4.79 Å². The van der Waals surface area contributed by atoms with E-state index in [1.807, 2.05) is 31.2 Å². The van der Waals surface area contributed by atoms with E-state index < -0.39 is 11.0 Å². The van der Waals surface area contributed by atoms with Gasteiger partial charge in [-0.15, -0.1) is 0 Å². The molecule has 3 aromatic rings. The predicted molar refractivity (Wildman–Crippen MR) is 107 cm³/mol. The molecule has 0 bridgehead atoms. The van der Waals surface area contributed by atoms with Gasteiger partial charge in [-0.25, -0.2) is 4.68 Å². The first-order valence-electron chi connectivity index (χ1n) is 8.93. The minimum Gasteiger partial charge on any atom is -0.328 e. The van der Waals surface area contributed by atoms with E-state index in [1.165, 1.54) is 18.5 Å². The van der Waals surface area contributed by atoms with Crippen LogP contribution in [0.4, 0.5) is 17.3 Å². The fourth-order valence-electron chi connectivity index (χ4n) is 3.34. The molecular formula is C20H18N6O3. The van der Waals surface area contributed by atoms with Crippen LogP contribution in [0.5, 0.6) is 0 Å². The molecule has 0 spiro atoms. The number of aromatic nitrogens is 3. The summed E-state index contributed by atoms with van der Waals surface area (Å²) in [6.07, 6.45) is 1.38. The molecule has 2 heterocycles. The lowest BCUT2D eigenvalue weighted by Gasteiger charge is -2.28. The van der Waals surface area contributed by atoms with Gasteiger partial charge in [0.15, 0.2) is 0 Å². The summed E-state index contributed by atoms with van der Waals surface area (Å²) in [6, 6.07) is 13.0. The van der Waals surface area contributed by atoms with E-state index in [1.54, 1.807) is 23.7 Å². The van der Waals surface area contributed by atoms with Crippen LogP contribution in [-0.4, -0.2) is 25.6 Å². The summed E-state index contributed by atoms with van der Waals surface area (Å²) in [5, 5.41) is 21.5. The maximum absolute atomic E-state index is 13.2. The highest BCUT2D eigenvalue weighted by atomic mass is 16.6. The number of allylic oxidation sites excluding steroid dienone is 1. The number of hydrogen-bond acceptors (Lipinski definition) is 6. The molecule has 9 heteroatoms. The van der Waals surface area contributed by atoms with E-state index >= 15 is 0 Å². The third-order valence-electron chi connectivity index (χ3n) is 4.75. The number of non-ortho nitro benzene ring substituents is 1. The summed E-state index contributed by atoms with van der Waals surface area (Å²) in [4.78, 5) is 28.1. The zero-order valence-electron chi connectivity index (χ0n) is 15.8. The molecule has 0 radical (unpaired) electrons. The summed E-state index contributed by atoms with van der Waals surface area (Å²) in [5.74, 6) is 0.141. The lowest BCUT2D eigenvalue weighted by Crippen LogP contribution is -2.31. The number of nitro benzene ring substituents is 1. The molecule has 9 nitrogen and oxygen atoms in total. The Morgan fingerprint density at radius 2 is 1.97 bits per heavy atom. The third kappa shape index (κ3) is 3.45. The van der Waals surface area contributed by atoms with Gasteiger partial charge in [0, 0.05) is 23.5 Å². The number of benzene rings is 2. The Kier molecular flexibility index (Phi) is 4.55. The van der Waals surface area contributed by atoms with Gasteiger partial charge in [-0.2, -0.15) is 10.1 Å². The number of nitrogens with one attached hydrogen (secondary N) is 2. The van der Waals surface area contributed by atoms with Crippen molar-refractivity contribution in [2.45, 2.75) is 19.9 Å². The molecule has 0 unspecified atom stereocenters. The molecule has 0 fully saturated rings. The largest absolute Gasteiger partial charge is 0.328 e. The molecule has 2 aromatic carbocycles. The lowest BCUT2D eigenvalue weighted by molar-refractivity contribution is -0.384. The zero-order chi connectivity index (χ0) is 20.5. The van der Waals surface area contributed by atoms with Gasteiger partial charge >= 0.3 is 0 Å². The molecule has 29 heavy (non-hydrogen) atoms. The molecule has 1 amide bonds. The Labute approximate surface area is 166 Å². The van der Waals surface area contributed by atoms with Gasteiger partial charge < -0.3 is 10.6 Å². The normalized spacial score (nSPS) is 15.4. The molecule has 0 aliphatic carbocycles. The first kappa shape index (κ1) is 18.4. The first-order chi connectivity index (χ1) is 13.9. The molecule has 1 atom stereocenters. The van der Waals surface area contributed by atoms with Gasteiger partial charge in [-0.3, -0.25) is 14.9 Å². The van der Waals surface area contributed by atoms with E-state index in [4.69, 9.17) is 0 Å². The van der Waals surface area contributed by atoms with Crippen LogP contribution in [0.3, 0.4) is 0 Å². The maximum Gasteiger partial charge on any atom is 0.269 e. The van der Waals surface area contributed by atoms with Crippen molar-refractivity contribution in [3.8, 4) is 0 Å². The van der Waals surface area contributed by atoms with E-state index in [-0.39, 0.29) is 11.6 Å². The van der Waals surface area contributed by atoms with Crippen LogP contribution >= 0.6 is 0 Å². The van der Waals surface area contributed by atoms with E-state index in [0.717, 1.165) is 5.56 Å². The highest BCUT2D eigenvalue weighted by Crippen LogP contribution is 2.36. The summed E-state index contributed by atoms with van der Waals surface area (Å²) < 4.78 is 1.55. The highest BCUT2D eigenvalue weighted by molar-refractivity contribution is 6.06. The van der Waals surface area contributed by atoms with E-state index in [0.29, 0.717) is 28.5 Å². The monoisotopic (exact) mass is 390 g/mol. The number of fused-ring (bicyclic) bond motifs is 1. The quantitative estimate of drug-likeness (QED) is 0.521. The number of anilines is 2. The molecule has 0 saturated heterocycles. The number of amides is 1. The number of aryl methyl sites for hydroxylation is 1. The Balaban J connectivity index is 1.77. The molecule has 1 aliphatic heterocycles. The average Bonchev–Trinajstić information content (AvgIpc) is 3.16. The summed E-state index contributed by atoms with van der Waals surface area (Å²) in [7, 11) is 0. The molecule has 2 N–H and O–H groups in total. The second-order valence-electron chi connectivity index (χ2n) is 6.77. The van der Waals surface area contributed by atoms with Crippen molar-refractivity contribution in [1.29, 1.82) is 0 Å². The van der Waals surface area contributed by atoms with Crippen LogP contribution < -0.4 is 10.6 Å². The Morgan fingerprint density at radius 1 is 1.21 bits per heavy atom. The van der Waals surface area contributed by atoms with E-state index in [9.17, 15) is 14.9 Å². The molecule has 146 valence electrons. The van der Waals surface area contributed by atoms with Crippen molar-refractivity contribution in [1.82, 2.24) is 14.8 Å². The first-order valence-corrected chi connectivity index (χ1v) is 8.93. The second kappa shape index (κ2) is 7.19. The van der Waals surface area contributed by atoms with Gasteiger partial charge in [0.05, 0.1) is 10.5 Å². The van der Waals surface area contributed by atoms with Gasteiger partial charge in [-0.1, -0.05) is 29.8 Å². The van der Waals surface area contributed by atoms with Crippen molar-refractivity contribution < 1.29 is 9.72 Å². The molecule has 1 aliphatic rings. The average molecular weight is 390 g/mol. The molecular weight excluding hydrogens is 372 g/mol. The number of rotatable bonds is 4. The standard InChI is InChI=1S/C20H18N6O3/c1-12-6-8-15(9-7-12)24-19(27)17-13(2)23-20-21-11-22-25(20)18(17)14-4-3-5-16(10-14)26(28)29/h3-11,18H,1-2H3,(H,24,27)(H,21,22,23)/t18-/m1/s1. The van der Waals surface area contributed by atoms with Crippen molar-refractivity contribution in [2.24, 2.45) is 0 Å². The van der Waals surface area contributed by atoms with Crippen LogP contribution in [0.25, 0.3) is 0 Å². The van der Waals surface area contributed by atoms with Crippen molar-refractivity contribution in [3.63, 3.8) is 0 Å². The molecule has 1 aromatic heterocycles. The zero-order valence-corrected chi connectivity index (χ0v) is 15.8. The Hall–Kier alpha value is -4.01. The second-order valence-corrected chi connectivity index (χ2v) is 6.77.